The van der Waals surface area contributed by atoms with Crippen LogP contribution < -0.4 is 5.32 Å². The molecule has 0 aliphatic carbocycles. The minimum Gasteiger partial charge on any atom is -0.481 e. The van der Waals surface area contributed by atoms with Crippen molar-refractivity contribution in [2.75, 3.05) is 19.6 Å². The van der Waals surface area contributed by atoms with E-state index in [1.54, 1.807) is 0 Å². The third kappa shape index (κ3) is 6.90. The number of likely N-dealkylation sites (tertiary alicyclic amines) is 1. The second kappa shape index (κ2) is 11.4. The molecule has 0 saturated carbocycles. The van der Waals surface area contributed by atoms with E-state index < -0.39 is 11.9 Å². The average molecular weight is 326 g/mol. The lowest BCUT2D eigenvalue weighted by Crippen LogP contribution is -2.49. The third-order valence-electron chi connectivity index (χ3n) is 4.73. The minimum absolute atomic E-state index is 0.161. The molecule has 1 heterocycles. The highest BCUT2D eigenvalue weighted by molar-refractivity contribution is 5.97. The molecule has 1 saturated heterocycles. The fourth-order valence-electron chi connectivity index (χ4n) is 3.37. The summed E-state index contributed by atoms with van der Waals surface area (Å²) in [6.07, 6.45) is 9.31. The number of hydrogen-bond acceptors (Lipinski definition) is 3. The molecule has 23 heavy (non-hydrogen) atoms. The van der Waals surface area contributed by atoms with Crippen LogP contribution in [0.2, 0.25) is 0 Å². The molecule has 0 aromatic carbocycles. The van der Waals surface area contributed by atoms with E-state index in [2.05, 4.69) is 24.1 Å². The maximum atomic E-state index is 12.5. The summed E-state index contributed by atoms with van der Waals surface area (Å²) >= 11 is 0. The molecule has 2 unspecified atom stereocenters. The molecular weight excluding hydrogens is 292 g/mol. The van der Waals surface area contributed by atoms with Crippen molar-refractivity contribution in [1.29, 1.82) is 0 Å². The zero-order valence-electron chi connectivity index (χ0n) is 14.9. The Morgan fingerprint density at radius 2 is 1.70 bits per heavy atom. The van der Waals surface area contributed by atoms with E-state index in [1.165, 1.54) is 0 Å². The first-order valence-electron chi connectivity index (χ1n) is 9.36. The van der Waals surface area contributed by atoms with E-state index in [0.29, 0.717) is 6.54 Å². The number of unbranched alkanes of at least 4 members (excludes halogenated alkanes) is 4. The highest BCUT2D eigenvalue weighted by Gasteiger charge is 2.38. The molecule has 0 bridgehead atoms. The van der Waals surface area contributed by atoms with Gasteiger partial charge in [0.05, 0.1) is 0 Å². The topological polar surface area (TPSA) is 69.6 Å². The van der Waals surface area contributed by atoms with Gasteiger partial charge in [-0.25, -0.2) is 0 Å². The minimum atomic E-state index is -0.982. The van der Waals surface area contributed by atoms with Crippen LogP contribution in [0.3, 0.4) is 0 Å². The van der Waals surface area contributed by atoms with Gasteiger partial charge in [0.1, 0.15) is 0 Å². The fourth-order valence-corrected chi connectivity index (χ4v) is 3.37. The molecule has 2 atom stereocenters. The van der Waals surface area contributed by atoms with Crippen molar-refractivity contribution >= 4 is 11.9 Å². The molecule has 1 fully saturated rings. The second-order valence-electron chi connectivity index (χ2n) is 6.62. The largest absolute Gasteiger partial charge is 0.481 e. The number of carboxylic acids is 1. The number of rotatable bonds is 12. The van der Waals surface area contributed by atoms with Crippen LogP contribution in [0.25, 0.3) is 0 Å². The predicted octanol–water partition coefficient (Wildman–Crippen LogP) is 3.04. The third-order valence-corrected chi connectivity index (χ3v) is 4.73. The van der Waals surface area contributed by atoms with Gasteiger partial charge in [0.25, 0.3) is 0 Å². The molecule has 0 radical (unpaired) electrons. The van der Waals surface area contributed by atoms with Crippen LogP contribution in [0.5, 0.6) is 0 Å². The summed E-state index contributed by atoms with van der Waals surface area (Å²) in [5.41, 5.74) is 0. The van der Waals surface area contributed by atoms with Crippen molar-refractivity contribution in [1.82, 2.24) is 10.2 Å². The summed E-state index contributed by atoms with van der Waals surface area (Å²) in [6.45, 7) is 6.67. The van der Waals surface area contributed by atoms with E-state index >= 15 is 0 Å². The van der Waals surface area contributed by atoms with Crippen molar-refractivity contribution < 1.29 is 14.7 Å². The number of aliphatic carboxylic acids is 1. The summed E-state index contributed by atoms with van der Waals surface area (Å²) in [5, 5.41) is 12.5. The summed E-state index contributed by atoms with van der Waals surface area (Å²) in [4.78, 5) is 26.4. The van der Waals surface area contributed by atoms with Gasteiger partial charge in [-0.3, -0.25) is 14.5 Å². The molecule has 1 aliphatic rings. The Morgan fingerprint density at radius 1 is 1.04 bits per heavy atom. The van der Waals surface area contributed by atoms with Gasteiger partial charge >= 0.3 is 5.97 Å². The first-order valence-corrected chi connectivity index (χ1v) is 9.36. The van der Waals surface area contributed by atoms with E-state index in [-0.39, 0.29) is 11.9 Å². The maximum absolute atomic E-state index is 12.5. The number of hydrogen-bond donors (Lipinski definition) is 2. The lowest BCUT2D eigenvalue weighted by atomic mass is 9.92. The number of carboxylic acid groups (broad SMARTS) is 1. The van der Waals surface area contributed by atoms with Gasteiger partial charge in [0.2, 0.25) is 5.91 Å². The van der Waals surface area contributed by atoms with Crippen LogP contribution in [-0.4, -0.2) is 47.6 Å². The molecule has 0 aromatic rings. The van der Waals surface area contributed by atoms with Crippen molar-refractivity contribution in [2.45, 2.75) is 77.7 Å². The van der Waals surface area contributed by atoms with Gasteiger partial charge < -0.3 is 10.4 Å². The maximum Gasteiger partial charge on any atom is 0.317 e. The molecular formula is C18H34N2O3. The van der Waals surface area contributed by atoms with Crippen molar-refractivity contribution in [3.05, 3.63) is 0 Å². The molecule has 5 heteroatoms. The van der Waals surface area contributed by atoms with Crippen molar-refractivity contribution in [3.63, 3.8) is 0 Å². The summed E-state index contributed by atoms with van der Waals surface area (Å²) in [5.74, 6) is -2.23. The van der Waals surface area contributed by atoms with Crippen molar-refractivity contribution in [3.8, 4) is 0 Å². The Kier molecular flexibility index (Phi) is 9.92. The van der Waals surface area contributed by atoms with E-state index in [0.717, 1.165) is 70.9 Å². The number of nitrogens with zero attached hydrogens (tertiary/aromatic N) is 1. The molecule has 0 aromatic heterocycles. The monoisotopic (exact) mass is 326 g/mol. The smallest absolute Gasteiger partial charge is 0.317 e. The number of carbonyl (C=O) groups is 2. The second-order valence-corrected chi connectivity index (χ2v) is 6.62. The highest BCUT2D eigenvalue weighted by Crippen LogP contribution is 2.23. The lowest BCUT2D eigenvalue weighted by Gasteiger charge is -2.31. The summed E-state index contributed by atoms with van der Waals surface area (Å²) < 4.78 is 0. The summed E-state index contributed by atoms with van der Waals surface area (Å²) in [6, 6.07) is -0.161. The van der Waals surface area contributed by atoms with Gasteiger partial charge in [0.15, 0.2) is 5.92 Å². The Hall–Kier alpha value is -1.10. The fraction of sp³-hybridized carbons (Fsp3) is 0.889. The van der Waals surface area contributed by atoms with Gasteiger partial charge in [-0.05, 0) is 38.8 Å². The number of amides is 1. The van der Waals surface area contributed by atoms with Crippen LogP contribution in [0.15, 0.2) is 0 Å². The molecule has 0 spiro atoms. The Bertz CT molecular complexity index is 354. The zero-order chi connectivity index (χ0) is 17.1. The zero-order valence-corrected chi connectivity index (χ0v) is 14.9. The van der Waals surface area contributed by atoms with Crippen LogP contribution in [-0.2, 0) is 9.59 Å². The first-order chi connectivity index (χ1) is 11.1. The molecule has 5 nitrogen and oxygen atoms in total. The Balaban J connectivity index is 2.63. The quantitative estimate of drug-likeness (QED) is 0.427. The normalized spacial score (nSPS) is 17.8. The first kappa shape index (κ1) is 19.9. The van der Waals surface area contributed by atoms with Gasteiger partial charge in [-0.1, -0.05) is 46.0 Å². The van der Waals surface area contributed by atoms with E-state index in [4.69, 9.17) is 0 Å². The molecule has 1 rings (SSSR count). The highest BCUT2D eigenvalue weighted by atomic mass is 16.4. The van der Waals surface area contributed by atoms with Gasteiger partial charge in [0, 0.05) is 12.6 Å². The molecule has 1 amide bonds. The van der Waals surface area contributed by atoms with Crippen LogP contribution in [0.4, 0.5) is 0 Å². The molecule has 1 aliphatic heterocycles. The van der Waals surface area contributed by atoms with Crippen molar-refractivity contribution in [2.24, 2.45) is 5.92 Å². The van der Waals surface area contributed by atoms with Gasteiger partial charge in [-0.15, -0.1) is 0 Å². The van der Waals surface area contributed by atoms with E-state index in [1.807, 2.05) is 0 Å². The number of carbonyl (C=O) groups excluding carboxylic acids is 1. The SMILES string of the molecule is CCCCCCNC(=O)C(C(=O)O)C(CCCC)N1CCCC1. The molecule has 134 valence electrons. The summed E-state index contributed by atoms with van der Waals surface area (Å²) in [7, 11) is 0. The Labute approximate surface area is 140 Å². The lowest BCUT2D eigenvalue weighted by molar-refractivity contribution is -0.150. The average Bonchev–Trinajstić information content (AvgIpc) is 3.04. The van der Waals surface area contributed by atoms with Crippen LogP contribution >= 0.6 is 0 Å². The predicted molar refractivity (Wildman–Crippen MR) is 92.4 cm³/mol. The Morgan fingerprint density at radius 3 is 2.26 bits per heavy atom. The van der Waals surface area contributed by atoms with Crippen LogP contribution in [0, 0.1) is 5.92 Å². The van der Waals surface area contributed by atoms with Gasteiger partial charge in [-0.2, -0.15) is 0 Å². The number of nitrogens with one attached hydrogen (secondary N) is 1. The van der Waals surface area contributed by atoms with Crippen LogP contribution in [0.1, 0.15) is 71.6 Å². The standard InChI is InChI=1S/C18H34N2O3/c1-3-5-7-8-12-19-17(21)16(18(22)23)15(11-6-4-2)20-13-9-10-14-20/h15-16H,3-14H2,1-2H3,(H,19,21)(H,22,23). The van der Waals surface area contributed by atoms with E-state index in [9.17, 15) is 14.7 Å². The molecule has 2 N–H and O–H groups in total.